The molecule has 0 amide bonds. The van der Waals surface area contributed by atoms with E-state index in [1.807, 2.05) is 24.3 Å². The van der Waals surface area contributed by atoms with Crippen LogP contribution < -0.4 is 5.32 Å². The summed E-state index contributed by atoms with van der Waals surface area (Å²) in [5.74, 6) is -0.156. The lowest BCUT2D eigenvalue weighted by Crippen LogP contribution is -2.21. The summed E-state index contributed by atoms with van der Waals surface area (Å²) in [7, 11) is 0. The fourth-order valence-corrected chi connectivity index (χ4v) is 2.41. The summed E-state index contributed by atoms with van der Waals surface area (Å²) in [6.45, 7) is 7.14. The molecule has 112 valence electrons. The molecule has 0 aliphatic heterocycles. The van der Waals surface area contributed by atoms with Gasteiger partial charge in [0.25, 0.3) is 0 Å². The van der Waals surface area contributed by atoms with Gasteiger partial charge in [0, 0.05) is 18.2 Å². The number of rotatable bonds is 6. The molecular weight excluding hydrogens is 261 g/mol. The van der Waals surface area contributed by atoms with Crippen molar-refractivity contribution in [3.05, 3.63) is 59.4 Å². The van der Waals surface area contributed by atoms with Gasteiger partial charge in [0.2, 0.25) is 0 Å². The third-order valence-corrected chi connectivity index (χ3v) is 3.52. The number of halogens is 1. The van der Waals surface area contributed by atoms with Gasteiger partial charge >= 0.3 is 0 Å². The molecule has 2 rings (SSSR count). The second kappa shape index (κ2) is 7.37. The van der Waals surface area contributed by atoms with E-state index in [-0.39, 0.29) is 5.82 Å². The first-order valence-electron chi connectivity index (χ1n) is 7.71. The number of hydrogen-bond donors (Lipinski definition) is 1. The standard InChI is InChI=1S/C19H24FN/c1-4-6-15-7-5-8-17(11-15)18-12-16(9-10-19(18)20)13-21-14(2)3/h5,7-12,14,21H,4,6,13H2,1-3H3. The van der Waals surface area contributed by atoms with E-state index in [9.17, 15) is 4.39 Å². The van der Waals surface area contributed by atoms with Crippen LogP contribution in [-0.2, 0) is 13.0 Å². The molecule has 0 unspecified atom stereocenters. The summed E-state index contributed by atoms with van der Waals surface area (Å²) in [4.78, 5) is 0. The molecule has 0 fully saturated rings. The molecule has 0 radical (unpaired) electrons. The number of aryl methyl sites for hydroxylation is 1. The summed E-state index contributed by atoms with van der Waals surface area (Å²) < 4.78 is 14.2. The van der Waals surface area contributed by atoms with Gasteiger partial charge in [-0.1, -0.05) is 57.5 Å². The van der Waals surface area contributed by atoms with Gasteiger partial charge < -0.3 is 5.32 Å². The molecule has 0 bridgehead atoms. The highest BCUT2D eigenvalue weighted by Gasteiger charge is 2.07. The van der Waals surface area contributed by atoms with Crippen LogP contribution >= 0.6 is 0 Å². The van der Waals surface area contributed by atoms with Crippen LogP contribution in [-0.4, -0.2) is 6.04 Å². The third kappa shape index (κ3) is 4.40. The molecule has 21 heavy (non-hydrogen) atoms. The van der Waals surface area contributed by atoms with Crippen LogP contribution in [0, 0.1) is 5.82 Å². The van der Waals surface area contributed by atoms with E-state index in [1.165, 1.54) is 5.56 Å². The van der Waals surface area contributed by atoms with E-state index in [0.29, 0.717) is 11.6 Å². The third-order valence-electron chi connectivity index (χ3n) is 3.52. The van der Waals surface area contributed by atoms with Crippen molar-refractivity contribution < 1.29 is 4.39 Å². The van der Waals surface area contributed by atoms with Crippen LogP contribution in [0.15, 0.2) is 42.5 Å². The Morgan fingerprint density at radius 2 is 1.86 bits per heavy atom. The summed E-state index contributed by atoms with van der Waals surface area (Å²) in [6, 6.07) is 14.0. The highest BCUT2D eigenvalue weighted by Crippen LogP contribution is 2.25. The molecule has 0 aliphatic carbocycles. The zero-order chi connectivity index (χ0) is 15.2. The quantitative estimate of drug-likeness (QED) is 0.792. The van der Waals surface area contributed by atoms with Crippen LogP contribution in [0.2, 0.25) is 0 Å². The molecule has 2 heteroatoms. The number of benzene rings is 2. The minimum Gasteiger partial charge on any atom is -0.310 e. The van der Waals surface area contributed by atoms with Crippen molar-refractivity contribution in [1.82, 2.24) is 5.32 Å². The number of nitrogens with one attached hydrogen (secondary N) is 1. The fourth-order valence-electron chi connectivity index (χ4n) is 2.41. The Morgan fingerprint density at radius 1 is 1.05 bits per heavy atom. The Balaban J connectivity index is 2.29. The van der Waals surface area contributed by atoms with Crippen molar-refractivity contribution in [2.24, 2.45) is 0 Å². The largest absolute Gasteiger partial charge is 0.310 e. The van der Waals surface area contributed by atoms with Crippen molar-refractivity contribution >= 4 is 0 Å². The smallest absolute Gasteiger partial charge is 0.131 e. The molecule has 0 atom stereocenters. The van der Waals surface area contributed by atoms with E-state index in [2.05, 4.69) is 38.2 Å². The van der Waals surface area contributed by atoms with Gasteiger partial charge in [0.05, 0.1) is 0 Å². The van der Waals surface area contributed by atoms with Crippen molar-refractivity contribution in [3.8, 4) is 11.1 Å². The maximum absolute atomic E-state index is 14.2. The second-order valence-electron chi connectivity index (χ2n) is 5.80. The predicted octanol–water partition coefficient (Wildman–Crippen LogP) is 4.94. The first-order chi connectivity index (χ1) is 10.1. The summed E-state index contributed by atoms with van der Waals surface area (Å²) in [6.07, 6.45) is 2.13. The normalized spacial score (nSPS) is 11.1. The highest BCUT2D eigenvalue weighted by atomic mass is 19.1. The highest BCUT2D eigenvalue weighted by molar-refractivity contribution is 5.65. The van der Waals surface area contributed by atoms with Gasteiger partial charge in [-0.15, -0.1) is 0 Å². The van der Waals surface area contributed by atoms with Crippen LogP contribution in [0.25, 0.3) is 11.1 Å². The predicted molar refractivity (Wildman–Crippen MR) is 87.8 cm³/mol. The maximum Gasteiger partial charge on any atom is 0.131 e. The van der Waals surface area contributed by atoms with Crippen molar-refractivity contribution in [2.75, 3.05) is 0 Å². The molecule has 0 aromatic heterocycles. The lowest BCUT2D eigenvalue weighted by molar-refractivity contribution is 0.586. The van der Waals surface area contributed by atoms with Gasteiger partial charge in [-0.25, -0.2) is 4.39 Å². The first-order valence-corrected chi connectivity index (χ1v) is 7.71. The minimum atomic E-state index is -0.156. The zero-order valence-electron chi connectivity index (χ0n) is 13.1. The zero-order valence-corrected chi connectivity index (χ0v) is 13.1. The van der Waals surface area contributed by atoms with Crippen LogP contribution in [0.1, 0.15) is 38.3 Å². The molecular formula is C19H24FN. The SMILES string of the molecule is CCCc1cccc(-c2cc(CNC(C)C)ccc2F)c1. The van der Waals surface area contributed by atoms with Gasteiger partial charge in [-0.05, 0) is 35.2 Å². The molecule has 2 aromatic rings. The Labute approximate surface area is 127 Å². The first kappa shape index (κ1) is 15.7. The Hall–Kier alpha value is -1.67. The Kier molecular flexibility index (Phi) is 5.51. The van der Waals surface area contributed by atoms with E-state index >= 15 is 0 Å². The molecule has 0 spiro atoms. The number of hydrogen-bond acceptors (Lipinski definition) is 1. The molecule has 0 saturated carbocycles. The van der Waals surface area contributed by atoms with Crippen molar-refractivity contribution in [2.45, 2.75) is 46.2 Å². The topological polar surface area (TPSA) is 12.0 Å². The van der Waals surface area contributed by atoms with E-state index in [0.717, 1.165) is 30.5 Å². The average Bonchev–Trinajstić information content (AvgIpc) is 2.47. The maximum atomic E-state index is 14.2. The van der Waals surface area contributed by atoms with Crippen molar-refractivity contribution in [1.29, 1.82) is 0 Å². The molecule has 2 aromatic carbocycles. The van der Waals surface area contributed by atoms with Gasteiger partial charge in [0.1, 0.15) is 5.82 Å². The Bertz CT molecular complexity index is 590. The minimum absolute atomic E-state index is 0.156. The van der Waals surface area contributed by atoms with E-state index in [4.69, 9.17) is 0 Å². The molecule has 1 nitrogen and oxygen atoms in total. The Morgan fingerprint density at radius 3 is 2.57 bits per heavy atom. The molecule has 0 heterocycles. The van der Waals surface area contributed by atoms with Gasteiger partial charge in [-0.2, -0.15) is 0 Å². The summed E-state index contributed by atoms with van der Waals surface area (Å²) in [5, 5.41) is 3.37. The lowest BCUT2D eigenvalue weighted by Gasteiger charge is -2.11. The molecule has 0 aliphatic rings. The lowest BCUT2D eigenvalue weighted by atomic mass is 9.99. The van der Waals surface area contributed by atoms with E-state index < -0.39 is 0 Å². The monoisotopic (exact) mass is 285 g/mol. The van der Waals surface area contributed by atoms with Gasteiger partial charge in [-0.3, -0.25) is 0 Å². The summed E-state index contributed by atoms with van der Waals surface area (Å²) >= 11 is 0. The summed E-state index contributed by atoms with van der Waals surface area (Å²) in [5.41, 5.74) is 4.03. The fraction of sp³-hybridized carbons (Fsp3) is 0.368. The van der Waals surface area contributed by atoms with Crippen LogP contribution in [0.3, 0.4) is 0 Å². The average molecular weight is 285 g/mol. The van der Waals surface area contributed by atoms with Crippen LogP contribution in [0.4, 0.5) is 4.39 Å². The molecule has 0 saturated heterocycles. The van der Waals surface area contributed by atoms with E-state index in [1.54, 1.807) is 6.07 Å². The van der Waals surface area contributed by atoms with Crippen molar-refractivity contribution in [3.63, 3.8) is 0 Å². The second-order valence-corrected chi connectivity index (χ2v) is 5.80. The van der Waals surface area contributed by atoms with Gasteiger partial charge in [0.15, 0.2) is 0 Å². The van der Waals surface area contributed by atoms with Crippen LogP contribution in [0.5, 0.6) is 0 Å². The molecule has 1 N–H and O–H groups in total.